The van der Waals surface area contributed by atoms with Crippen LogP contribution in [0.3, 0.4) is 0 Å². The lowest BCUT2D eigenvalue weighted by Gasteiger charge is -2.21. The van der Waals surface area contributed by atoms with Crippen molar-refractivity contribution in [2.75, 3.05) is 5.73 Å². The highest BCUT2D eigenvalue weighted by Crippen LogP contribution is 2.28. The smallest absolute Gasteiger partial charge is 0.125 e. The Kier molecular flexibility index (Phi) is 3.59. The molecule has 2 rings (SSSR count). The molecular weight excluding hydrogens is 225 g/mol. The predicted molar refractivity (Wildman–Crippen MR) is 64.1 cm³/mol. The van der Waals surface area contributed by atoms with Crippen LogP contribution in [0.2, 0.25) is 0 Å². The van der Waals surface area contributed by atoms with Gasteiger partial charge in [-0.1, -0.05) is 19.3 Å². The van der Waals surface area contributed by atoms with Gasteiger partial charge in [-0.05, 0) is 31.0 Å². The van der Waals surface area contributed by atoms with Crippen molar-refractivity contribution >= 4 is 16.5 Å². The SMILES string of the molecule is Nc1cc(F)ccc1S(=O)C1CCCCC1. The Bertz CT molecular complexity index is 402. The molecule has 0 radical (unpaired) electrons. The summed E-state index contributed by atoms with van der Waals surface area (Å²) in [5, 5.41) is 0.196. The van der Waals surface area contributed by atoms with Gasteiger partial charge in [0, 0.05) is 5.25 Å². The molecule has 0 heterocycles. The van der Waals surface area contributed by atoms with E-state index in [1.54, 1.807) is 6.07 Å². The van der Waals surface area contributed by atoms with E-state index in [0.29, 0.717) is 10.6 Å². The number of hydrogen-bond acceptors (Lipinski definition) is 2. The number of rotatable bonds is 2. The molecule has 0 spiro atoms. The third-order valence-electron chi connectivity index (χ3n) is 3.04. The molecule has 1 saturated carbocycles. The van der Waals surface area contributed by atoms with Crippen molar-refractivity contribution in [2.24, 2.45) is 0 Å². The van der Waals surface area contributed by atoms with Gasteiger partial charge in [0.15, 0.2) is 0 Å². The van der Waals surface area contributed by atoms with Crippen molar-refractivity contribution in [3.8, 4) is 0 Å². The van der Waals surface area contributed by atoms with E-state index in [1.165, 1.54) is 18.6 Å². The number of anilines is 1. The molecule has 0 aliphatic heterocycles. The summed E-state index contributed by atoms with van der Waals surface area (Å²) in [4.78, 5) is 0.591. The van der Waals surface area contributed by atoms with Crippen molar-refractivity contribution in [3.63, 3.8) is 0 Å². The molecule has 2 nitrogen and oxygen atoms in total. The predicted octanol–water partition coefficient (Wildman–Crippen LogP) is 2.85. The van der Waals surface area contributed by atoms with Gasteiger partial charge in [0.25, 0.3) is 0 Å². The molecule has 2 N–H and O–H groups in total. The van der Waals surface area contributed by atoms with Gasteiger partial charge in [0.2, 0.25) is 0 Å². The Balaban J connectivity index is 2.19. The minimum Gasteiger partial charge on any atom is -0.398 e. The third-order valence-corrected chi connectivity index (χ3v) is 4.93. The van der Waals surface area contributed by atoms with Gasteiger partial charge in [-0.2, -0.15) is 0 Å². The van der Waals surface area contributed by atoms with Gasteiger partial charge >= 0.3 is 0 Å². The Morgan fingerprint density at radius 1 is 1.25 bits per heavy atom. The van der Waals surface area contributed by atoms with Crippen LogP contribution in [-0.4, -0.2) is 9.46 Å². The number of benzene rings is 1. The zero-order chi connectivity index (χ0) is 11.5. The Morgan fingerprint density at radius 3 is 2.56 bits per heavy atom. The van der Waals surface area contributed by atoms with E-state index in [0.717, 1.165) is 25.7 Å². The van der Waals surface area contributed by atoms with E-state index in [2.05, 4.69) is 0 Å². The van der Waals surface area contributed by atoms with Crippen LogP contribution in [0.4, 0.5) is 10.1 Å². The quantitative estimate of drug-likeness (QED) is 0.809. The summed E-state index contributed by atoms with van der Waals surface area (Å²) < 4.78 is 25.1. The summed E-state index contributed by atoms with van der Waals surface area (Å²) in [7, 11) is -1.08. The molecule has 4 heteroatoms. The molecule has 1 aromatic carbocycles. The van der Waals surface area contributed by atoms with Crippen LogP contribution in [-0.2, 0) is 10.8 Å². The summed E-state index contributed by atoms with van der Waals surface area (Å²) >= 11 is 0. The average Bonchev–Trinajstić information content (AvgIpc) is 2.29. The van der Waals surface area contributed by atoms with Gasteiger partial charge in [0.05, 0.1) is 21.4 Å². The fourth-order valence-corrected chi connectivity index (χ4v) is 3.78. The molecule has 1 aliphatic rings. The van der Waals surface area contributed by atoms with Crippen molar-refractivity contribution in [1.82, 2.24) is 0 Å². The third kappa shape index (κ3) is 2.43. The Morgan fingerprint density at radius 2 is 1.94 bits per heavy atom. The standard InChI is InChI=1S/C12H16FNOS/c13-9-6-7-12(11(14)8-9)16(15)10-4-2-1-3-5-10/h6-8,10H,1-5,14H2. The van der Waals surface area contributed by atoms with Gasteiger partial charge in [0.1, 0.15) is 5.82 Å². The fraction of sp³-hybridized carbons (Fsp3) is 0.500. The van der Waals surface area contributed by atoms with Crippen LogP contribution >= 0.6 is 0 Å². The number of hydrogen-bond donors (Lipinski definition) is 1. The van der Waals surface area contributed by atoms with Crippen molar-refractivity contribution < 1.29 is 8.60 Å². The Hall–Kier alpha value is -0.900. The second kappa shape index (κ2) is 4.95. The van der Waals surface area contributed by atoms with Crippen LogP contribution in [0.25, 0.3) is 0 Å². The lowest BCUT2D eigenvalue weighted by atomic mass is 10.0. The number of halogens is 1. The van der Waals surface area contributed by atoms with E-state index >= 15 is 0 Å². The number of nitrogen functional groups attached to an aromatic ring is 1. The first-order chi connectivity index (χ1) is 7.68. The maximum Gasteiger partial charge on any atom is 0.125 e. The molecule has 1 atom stereocenters. The largest absolute Gasteiger partial charge is 0.398 e. The van der Waals surface area contributed by atoms with E-state index in [-0.39, 0.29) is 11.1 Å². The first-order valence-corrected chi connectivity index (χ1v) is 6.85. The molecule has 1 aromatic rings. The maximum absolute atomic E-state index is 12.9. The zero-order valence-corrected chi connectivity index (χ0v) is 9.93. The minimum absolute atomic E-state index is 0.196. The normalized spacial score (nSPS) is 19.6. The lowest BCUT2D eigenvalue weighted by Crippen LogP contribution is -2.19. The van der Waals surface area contributed by atoms with Crippen molar-refractivity contribution in [1.29, 1.82) is 0 Å². The van der Waals surface area contributed by atoms with Crippen LogP contribution < -0.4 is 5.73 Å². The van der Waals surface area contributed by atoms with Crippen LogP contribution in [0.5, 0.6) is 0 Å². The number of nitrogens with two attached hydrogens (primary N) is 1. The average molecular weight is 241 g/mol. The monoisotopic (exact) mass is 241 g/mol. The van der Waals surface area contributed by atoms with E-state index in [4.69, 9.17) is 5.73 Å². The van der Waals surface area contributed by atoms with Gasteiger partial charge < -0.3 is 5.73 Å². The maximum atomic E-state index is 12.9. The Labute approximate surface area is 97.5 Å². The molecule has 16 heavy (non-hydrogen) atoms. The highest BCUT2D eigenvalue weighted by molar-refractivity contribution is 7.85. The fourth-order valence-electron chi connectivity index (χ4n) is 2.16. The first-order valence-electron chi connectivity index (χ1n) is 5.64. The molecule has 0 amide bonds. The van der Waals surface area contributed by atoms with E-state index < -0.39 is 10.8 Å². The second-order valence-corrected chi connectivity index (χ2v) is 5.94. The lowest BCUT2D eigenvalue weighted by molar-refractivity contribution is 0.504. The minimum atomic E-state index is -1.08. The van der Waals surface area contributed by atoms with Crippen LogP contribution in [0.15, 0.2) is 23.1 Å². The highest BCUT2D eigenvalue weighted by atomic mass is 32.2. The van der Waals surface area contributed by atoms with E-state index in [9.17, 15) is 8.60 Å². The molecule has 0 aromatic heterocycles. The summed E-state index contributed by atoms with van der Waals surface area (Å²) in [5.41, 5.74) is 6.01. The molecular formula is C12H16FNOS. The van der Waals surface area contributed by atoms with Crippen molar-refractivity contribution in [3.05, 3.63) is 24.0 Å². The molecule has 1 aliphatic carbocycles. The summed E-state index contributed by atoms with van der Waals surface area (Å²) in [6.07, 6.45) is 5.48. The molecule has 88 valence electrons. The molecule has 1 unspecified atom stereocenters. The van der Waals surface area contributed by atoms with Gasteiger partial charge in [-0.3, -0.25) is 4.21 Å². The molecule has 1 fully saturated rings. The molecule has 0 saturated heterocycles. The van der Waals surface area contributed by atoms with Gasteiger partial charge in [-0.15, -0.1) is 0 Å². The van der Waals surface area contributed by atoms with Crippen LogP contribution in [0.1, 0.15) is 32.1 Å². The highest BCUT2D eigenvalue weighted by Gasteiger charge is 2.22. The second-order valence-electron chi connectivity index (χ2n) is 4.24. The topological polar surface area (TPSA) is 43.1 Å². The van der Waals surface area contributed by atoms with Crippen molar-refractivity contribution in [2.45, 2.75) is 42.2 Å². The summed E-state index contributed by atoms with van der Waals surface area (Å²) in [5.74, 6) is -0.373. The summed E-state index contributed by atoms with van der Waals surface area (Å²) in [6.45, 7) is 0. The molecule has 0 bridgehead atoms. The first kappa shape index (κ1) is 11.6. The zero-order valence-electron chi connectivity index (χ0n) is 9.12. The van der Waals surface area contributed by atoms with Crippen LogP contribution in [0, 0.1) is 5.82 Å². The summed E-state index contributed by atoms with van der Waals surface area (Å²) in [6, 6.07) is 4.12. The van der Waals surface area contributed by atoms with Gasteiger partial charge in [-0.25, -0.2) is 4.39 Å². The van der Waals surface area contributed by atoms with E-state index in [1.807, 2.05) is 0 Å².